The molecule has 0 spiro atoms. The van der Waals surface area contributed by atoms with Gasteiger partial charge < -0.3 is 10.2 Å². The minimum atomic E-state index is -0.161. The van der Waals surface area contributed by atoms with Crippen LogP contribution in [0.3, 0.4) is 0 Å². The molecule has 1 aromatic carbocycles. The van der Waals surface area contributed by atoms with Crippen LogP contribution in [0.15, 0.2) is 24.3 Å². The average Bonchev–Trinajstić information content (AvgIpc) is 2.92. The molecular formula is C21H29ClN3O3+. The van der Waals surface area contributed by atoms with Crippen molar-refractivity contribution in [1.29, 1.82) is 0 Å². The average molecular weight is 407 g/mol. The first-order chi connectivity index (χ1) is 13.4. The van der Waals surface area contributed by atoms with E-state index < -0.39 is 0 Å². The van der Waals surface area contributed by atoms with Crippen LogP contribution in [-0.4, -0.2) is 49.8 Å². The number of halogens is 1. The summed E-state index contributed by atoms with van der Waals surface area (Å²) < 4.78 is 0. The number of fused-ring (bicyclic) bond motifs is 1. The Balaban J connectivity index is 1.53. The van der Waals surface area contributed by atoms with Gasteiger partial charge in [-0.25, -0.2) is 0 Å². The number of rotatable bonds is 7. The van der Waals surface area contributed by atoms with Gasteiger partial charge in [0, 0.05) is 23.6 Å². The van der Waals surface area contributed by atoms with Gasteiger partial charge in [0.2, 0.25) is 17.7 Å². The van der Waals surface area contributed by atoms with Gasteiger partial charge in [0.15, 0.2) is 0 Å². The van der Waals surface area contributed by atoms with Crippen LogP contribution in [0.1, 0.15) is 43.7 Å². The number of imide groups is 1. The first kappa shape index (κ1) is 20.8. The summed E-state index contributed by atoms with van der Waals surface area (Å²) in [5.41, 5.74) is 0.985. The number of nitrogens with one attached hydrogen (secondary N) is 2. The Hall–Kier alpha value is -1.92. The van der Waals surface area contributed by atoms with Crippen molar-refractivity contribution in [2.75, 3.05) is 27.2 Å². The number of benzene rings is 1. The first-order valence-corrected chi connectivity index (χ1v) is 10.4. The van der Waals surface area contributed by atoms with Gasteiger partial charge in [-0.2, -0.15) is 0 Å². The van der Waals surface area contributed by atoms with Crippen LogP contribution in [0, 0.1) is 11.8 Å². The predicted octanol–water partition coefficient (Wildman–Crippen LogP) is 1.21. The fourth-order valence-corrected chi connectivity index (χ4v) is 4.62. The summed E-state index contributed by atoms with van der Waals surface area (Å²) in [5.74, 6) is -0.658. The molecule has 1 saturated heterocycles. The normalized spacial score (nSPS) is 23.1. The van der Waals surface area contributed by atoms with Crippen molar-refractivity contribution in [1.82, 2.24) is 10.2 Å². The number of carbonyl (C=O) groups excluding carboxylic acids is 3. The quantitative estimate of drug-likeness (QED) is 0.668. The molecule has 3 atom stereocenters. The van der Waals surface area contributed by atoms with Crippen molar-refractivity contribution >= 4 is 29.3 Å². The summed E-state index contributed by atoms with van der Waals surface area (Å²) >= 11 is 6.31. The molecule has 1 aliphatic carbocycles. The van der Waals surface area contributed by atoms with Gasteiger partial charge in [-0.15, -0.1) is 0 Å². The van der Waals surface area contributed by atoms with Crippen LogP contribution in [0.4, 0.5) is 0 Å². The van der Waals surface area contributed by atoms with Crippen molar-refractivity contribution in [3.63, 3.8) is 0 Å². The summed E-state index contributed by atoms with van der Waals surface area (Å²) in [6.45, 7) is 0.611. The number of carbonyl (C=O) groups is 3. The molecular weight excluding hydrogens is 378 g/mol. The van der Waals surface area contributed by atoms with Gasteiger partial charge in [0.05, 0.1) is 32.5 Å². The third-order valence-electron chi connectivity index (χ3n) is 5.98. The standard InChI is InChI=1S/C21H28ClN3O3/c1-24(2)18(16-9-5-6-10-17(16)22)13-23-19(26)11-12-25-20(27)14-7-3-4-8-15(14)21(25)28/h5-6,9-10,14-15,18H,3-4,7-8,11-13H2,1-2H3,(H,23,26)/p+1/t14-,15+,18-/m1/s1. The lowest BCUT2D eigenvalue weighted by atomic mass is 9.81. The topological polar surface area (TPSA) is 70.9 Å². The lowest BCUT2D eigenvalue weighted by Crippen LogP contribution is -3.07. The minimum absolute atomic E-state index is 0.0237. The SMILES string of the molecule is C[NH+](C)[C@H](CNC(=O)CCN1C(=O)[C@H]2CCCC[C@H]2C1=O)c1ccccc1Cl. The number of likely N-dealkylation sites (N-methyl/N-ethyl adjacent to an activating group) is 1. The van der Waals surface area contributed by atoms with Crippen LogP contribution < -0.4 is 10.2 Å². The molecule has 1 heterocycles. The van der Waals surface area contributed by atoms with Crippen molar-refractivity contribution < 1.29 is 19.3 Å². The first-order valence-electron chi connectivity index (χ1n) is 10.1. The zero-order valence-corrected chi connectivity index (χ0v) is 17.3. The van der Waals surface area contributed by atoms with Gasteiger partial charge >= 0.3 is 0 Å². The fourth-order valence-electron chi connectivity index (χ4n) is 4.35. The van der Waals surface area contributed by atoms with Crippen LogP contribution in [0.2, 0.25) is 5.02 Å². The summed E-state index contributed by atoms with van der Waals surface area (Å²) in [4.78, 5) is 39.8. The van der Waals surface area contributed by atoms with Crippen molar-refractivity contribution in [3.05, 3.63) is 34.9 Å². The fraction of sp³-hybridized carbons (Fsp3) is 0.571. The molecule has 2 N–H and O–H groups in total. The second-order valence-electron chi connectivity index (χ2n) is 8.03. The third-order valence-corrected chi connectivity index (χ3v) is 6.32. The Labute approximate surface area is 171 Å². The molecule has 7 heteroatoms. The van der Waals surface area contributed by atoms with E-state index in [1.54, 1.807) is 0 Å². The lowest BCUT2D eigenvalue weighted by Gasteiger charge is -2.23. The zero-order valence-electron chi connectivity index (χ0n) is 16.5. The number of hydrogen-bond acceptors (Lipinski definition) is 3. The van der Waals surface area contributed by atoms with Crippen molar-refractivity contribution in [2.24, 2.45) is 11.8 Å². The maximum absolute atomic E-state index is 12.5. The van der Waals surface area contributed by atoms with Crippen molar-refractivity contribution in [2.45, 2.75) is 38.1 Å². The highest BCUT2D eigenvalue weighted by Gasteiger charge is 2.47. The molecule has 1 saturated carbocycles. The number of nitrogens with zero attached hydrogens (tertiary/aromatic N) is 1. The third kappa shape index (κ3) is 4.39. The van der Waals surface area contributed by atoms with E-state index in [1.165, 1.54) is 4.90 Å². The molecule has 0 unspecified atom stereocenters. The van der Waals surface area contributed by atoms with Gasteiger partial charge in [-0.3, -0.25) is 19.3 Å². The Morgan fingerprint density at radius 2 is 1.79 bits per heavy atom. The second-order valence-corrected chi connectivity index (χ2v) is 8.44. The second kappa shape index (κ2) is 9.05. The van der Waals surface area contributed by atoms with E-state index in [0.717, 1.165) is 36.1 Å². The molecule has 1 aliphatic heterocycles. The monoisotopic (exact) mass is 406 g/mol. The highest BCUT2D eigenvalue weighted by atomic mass is 35.5. The van der Waals surface area contributed by atoms with Crippen LogP contribution >= 0.6 is 11.6 Å². The smallest absolute Gasteiger partial charge is 0.233 e. The maximum Gasteiger partial charge on any atom is 0.233 e. The summed E-state index contributed by atoms with van der Waals surface area (Å²) in [6.07, 6.45) is 3.73. The predicted molar refractivity (Wildman–Crippen MR) is 107 cm³/mol. The molecule has 0 bridgehead atoms. The maximum atomic E-state index is 12.5. The molecule has 6 nitrogen and oxygen atoms in total. The number of hydrogen-bond donors (Lipinski definition) is 2. The molecule has 0 aromatic heterocycles. The minimum Gasteiger partial charge on any atom is -0.350 e. The summed E-state index contributed by atoms with van der Waals surface area (Å²) in [6, 6.07) is 7.65. The number of amides is 3. The molecule has 1 aromatic rings. The molecule has 152 valence electrons. The van der Waals surface area contributed by atoms with Gasteiger partial charge in [-0.1, -0.05) is 42.6 Å². The summed E-state index contributed by atoms with van der Waals surface area (Å²) in [5, 5.41) is 3.62. The summed E-state index contributed by atoms with van der Waals surface area (Å²) in [7, 11) is 4.03. The Bertz CT molecular complexity index is 728. The van der Waals surface area contributed by atoms with Crippen LogP contribution in [0.5, 0.6) is 0 Å². The van der Waals surface area contributed by atoms with Gasteiger partial charge in [0.1, 0.15) is 6.04 Å². The zero-order chi connectivity index (χ0) is 20.3. The highest BCUT2D eigenvalue weighted by Crippen LogP contribution is 2.37. The van der Waals surface area contributed by atoms with E-state index in [4.69, 9.17) is 11.6 Å². The molecule has 3 amide bonds. The molecule has 3 rings (SSSR count). The van der Waals surface area contributed by atoms with Crippen LogP contribution in [-0.2, 0) is 14.4 Å². The molecule has 2 aliphatic rings. The molecule has 28 heavy (non-hydrogen) atoms. The van der Waals surface area contributed by atoms with E-state index in [1.807, 2.05) is 38.4 Å². The molecule has 0 radical (unpaired) electrons. The van der Waals surface area contributed by atoms with Gasteiger partial charge in [0.25, 0.3) is 0 Å². The Morgan fingerprint density at radius 1 is 1.18 bits per heavy atom. The molecule has 2 fully saturated rings. The van der Waals surface area contributed by atoms with Crippen LogP contribution in [0.25, 0.3) is 0 Å². The van der Waals surface area contributed by atoms with E-state index in [0.29, 0.717) is 11.6 Å². The van der Waals surface area contributed by atoms with E-state index in [9.17, 15) is 14.4 Å². The highest BCUT2D eigenvalue weighted by molar-refractivity contribution is 6.31. The lowest BCUT2D eigenvalue weighted by molar-refractivity contribution is -0.890. The number of likely N-dealkylation sites (tertiary alicyclic amines) is 1. The van der Waals surface area contributed by atoms with Crippen molar-refractivity contribution in [3.8, 4) is 0 Å². The van der Waals surface area contributed by atoms with E-state index in [2.05, 4.69) is 5.32 Å². The Morgan fingerprint density at radius 3 is 2.36 bits per heavy atom. The number of quaternary nitrogens is 1. The largest absolute Gasteiger partial charge is 0.350 e. The van der Waals surface area contributed by atoms with E-state index in [-0.39, 0.29) is 48.6 Å². The van der Waals surface area contributed by atoms with E-state index >= 15 is 0 Å². The Kier molecular flexibility index (Phi) is 6.73. The van der Waals surface area contributed by atoms with Gasteiger partial charge in [-0.05, 0) is 18.9 Å².